The molecule has 0 spiro atoms. The molecule has 0 heterocycles. The van der Waals surface area contributed by atoms with Crippen molar-refractivity contribution >= 4 is 5.91 Å². The second-order valence-corrected chi connectivity index (χ2v) is 3.17. The number of carbonyl (C=O) groups excluding carboxylic acids is 1. The molecule has 1 unspecified atom stereocenters. The van der Waals surface area contributed by atoms with Crippen LogP contribution in [0.3, 0.4) is 0 Å². The van der Waals surface area contributed by atoms with Gasteiger partial charge < -0.3 is 10.6 Å². The third-order valence-electron chi connectivity index (χ3n) is 1.71. The first-order chi connectivity index (χ1) is 5.50. The fourth-order valence-electron chi connectivity index (χ4n) is 0.754. The molecule has 0 rings (SSSR count). The molecule has 0 saturated carbocycles. The monoisotopic (exact) mass is 168 g/mol. The van der Waals surface area contributed by atoms with E-state index in [9.17, 15) is 4.79 Å². The highest BCUT2D eigenvalue weighted by Crippen LogP contribution is 2.01. The number of terminal acetylenes is 1. The molecule has 0 fully saturated rings. The predicted molar refractivity (Wildman–Crippen MR) is 49.3 cm³/mol. The van der Waals surface area contributed by atoms with Crippen molar-refractivity contribution < 1.29 is 4.79 Å². The minimum Gasteiger partial charge on any atom is -0.333 e. The smallest absolute Gasteiger partial charge is 0.240 e. The molecule has 0 radical (unpaired) electrons. The second kappa shape index (κ2) is 4.78. The highest BCUT2D eigenvalue weighted by atomic mass is 16.2. The predicted octanol–water partition coefficient (Wildman–Crippen LogP) is 0.0613. The fraction of sp³-hybridized carbons (Fsp3) is 0.667. The lowest BCUT2D eigenvalue weighted by atomic mass is 10.0. The van der Waals surface area contributed by atoms with E-state index in [1.165, 1.54) is 4.90 Å². The van der Waals surface area contributed by atoms with Crippen LogP contribution in [0.15, 0.2) is 0 Å². The number of likely N-dealkylation sites (N-methyl/N-ethyl adjacent to an activating group) is 1. The summed E-state index contributed by atoms with van der Waals surface area (Å²) < 4.78 is 0. The largest absolute Gasteiger partial charge is 0.333 e. The number of hydrogen-bond acceptors (Lipinski definition) is 2. The number of amides is 1. The Labute approximate surface area is 73.9 Å². The summed E-state index contributed by atoms with van der Waals surface area (Å²) >= 11 is 0. The summed E-state index contributed by atoms with van der Waals surface area (Å²) in [6.45, 7) is 4.14. The summed E-state index contributed by atoms with van der Waals surface area (Å²) in [6, 6.07) is -0.441. The van der Waals surface area contributed by atoms with E-state index in [0.717, 1.165) is 0 Å². The Morgan fingerprint density at radius 2 is 2.17 bits per heavy atom. The van der Waals surface area contributed by atoms with E-state index in [0.29, 0.717) is 6.54 Å². The highest BCUT2D eigenvalue weighted by molar-refractivity contribution is 5.81. The molecule has 3 heteroatoms. The lowest BCUT2D eigenvalue weighted by molar-refractivity contribution is -0.131. The van der Waals surface area contributed by atoms with Gasteiger partial charge in [-0.15, -0.1) is 6.42 Å². The molecule has 1 atom stereocenters. The summed E-state index contributed by atoms with van der Waals surface area (Å²) in [4.78, 5) is 12.8. The van der Waals surface area contributed by atoms with E-state index in [-0.39, 0.29) is 11.8 Å². The summed E-state index contributed by atoms with van der Waals surface area (Å²) in [5.74, 6) is 2.45. The average Bonchev–Trinajstić information content (AvgIpc) is 2.02. The maximum atomic E-state index is 11.4. The summed E-state index contributed by atoms with van der Waals surface area (Å²) in [6.07, 6.45) is 5.06. The van der Waals surface area contributed by atoms with Crippen LogP contribution in [0.4, 0.5) is 0 Å². The quantitative estimate of drug-likeness (QED) is 0.606. The third kappa shape index (κ3) is 2.93. The van der Waals surface area contributed by atoms with Crippen LogP contribution in [0.1, 0.15) is 13.8 Å². The van der Waals surface area contributed by atoms with Crippen molar-refractivity contribution in [2.45, 2.75) is 19.9 Å². The van der Waals surface area contributed by atoms with Gasteiger partial charge in [0.25, 0.3) is 0 Å². The van der Waals surface area contributed by atoms with Crippen LogP contribution in [-0.2, 0) is 4.79 Å². The Balaban J connectivity index is 4.11. The maximum Gasteiger partial charge on any atom is 0.240 e. The van der Waals surface area contributed by atoms with Crippen molar-refractivity contribution in [3.63, 3.8) is 0 Å². The molecule has 0 aliphatic carbocycles. The van der Waals surface area contributed by atoms with E-state index in [2.05, 4.69) is 5.92 Å². The zero-order valence-electron chi connectivity index (χ0n) is 7.87. The molecular formula is C9H16N2O. The second-order valence-electron chi connectivity index (χ2n) is 3.17. The van der Waals surface area contributed by atoms with Gasteiger partial charge in [-0.2, -0.15) is 0 Å². The molecule has 68 valence electrons. The minimum atomic E-state index is -0.441. The summed E-state index contributed by atoms with van der Waals surface area (Å²) in [5.41, 5.74) is 5.63. The fourth-order valence-corrected chi connectivity index (χ4v) is 0.754. The van der Waals surface area contributed by atoms with Crippen molar-refractivity contribution in [2.24, 2.45) is 11.7 Å². The van der Waals surface area contributed by atoms with E-state index >= 15 is 0 Å². The first-order valence-corrected chi connectivity index (χ1v) is 3.94. The van der Waals surface area contributed by atoms with E-state index in [1.807, 2.05) is 13.8 Å². The lowest BCUT2D eigenvalue weighted by Gasteiger charge is -2.21. The number of nitrogens with two attached hydrogens (primary N) is 1. The van der Waals surface area contributed by atoms with Crippen molar-refractivity contribution in [2.75, 3.05) is 13.6 Å². The Morgan fingerprint density at radius 1 is 1.67 bits per heavy atom. The van der Waals surface area contributed by atoms with Gasteiger partial charge in [0.05, 0.1) is 12.6 Å². The number of carbonyl (C=O) groups is 1. The first-order valence-electron chi connectivity index (χ1n) is 3.94. The van der Waals surface area contributed by atoms with E-state index in [4.69, 9.17) is 12.2 Å². The van der Waals surface area contributed by atoms with Gasteiger partial charge in [0.15, 0.2) is 0 Å². The third-order valence-corrected chi connectivity index (χ3v) is 1.71. The van der Waals surface area contributed by atoms with Crippen LogP contribution in [0.2, 0.25) is 0 Å². The molecule has 0 bridgehead atoms. The number of hydrogen-bond donors (Lipinski definition) is 1. The SMILES string of the molecule is C#CCN(C)C(=O)C(N)C(C)C. The van der Waals surface area contributed by atoms with Crippen LogP contribution < -0.4 is 5.73 Å². The molecule has 3 nitrogen and oxygen atoms in total. The molecule has 0 aliphatic heterocycles. The molecule has 12 heavy (non-hydrogen) atoms. The van der Waals surface area contributed by atoms with Crippen molar-refractivity contribution in [1.82, 2.24) is 4.90 Å². The van der Waals surface area contributed by atoms with Gasteiger partial charge in [-0.05, 0) is 5.92 Å². The molecule has 0 aromatic heterocycles. The first kappa shape index (κ1) is 11.0. The molecule has 0 aliphatic rings. The molecule has 0 saturated heterocycles. The van der Waals surface area contributed by atoms with Crippen molar-refractivity contribution in [3.05, 3.63) is 0 Å². The summed E-state index contributed by atoms with van der Waals surface area (Å²) in [7, 11) is 1.66. The van der Waals surface area contributed by atoms with Crippen molar-refractivity contribution in [3.8, 4) is 12.3 Å². The van der Waals surface area contributed by atoms with E-state index in [1.54, 1.807) is 7.05 Å². The molecule has 0 aromatic carbocycles. The molecule has 2 N–H and O–H groups in total. The normalized spacial score (nSPS) is 12.3. The van der Waals surface area contributed by atoms with Gasteiger partial charge in [-0.3, -0.25) is 4.79 Å². The average molecular weight is 168 g/mol. The van der Waals surface area contributed by atoms with Gasteiger partial charge in [0.2, 0.25) is 5.91 Å². The van der Waals surface area contributed by atoms with Gasteiger partial charge in [-0.1, -0.05) is 19.8 Å². The molecular weight excluding hydrogens is 152 g/mol. The Morgan fingerprint density at radius 3 is 2.50 bits per heavy atom. The highest BCUT2D eigenvalue weighted by Gasteiger charge is 2.19. The van der Waals surface area contributed by atoms with Gasteiger partial charge in [0.1, 0.15) is 0 Å². The van der Waals surface area contributed by atoms with Gasteiger partial charge >= 0.3 is 0 Å². The standard InChI is InChI=1S/C9H16N2O/c1-5-6-11(4)9(12)8(10)7(2)3/h1,7-8H,6,10H2,2-4H3. The van der Waals surface area contributed by atoms with Gasteiger partial charge in [0, 0.05) is 7.05 Å². The van der Waals surface area contributed by atoms with E-state index < -0.39 is 6.04 Å². The Kier molecular flexibility index (Phi) is 4.38. The zero-order valence-corrected chi connectivity index (χ0v) is 7.87. The zero-order chi connectivity index (χ0) is 9.72. The van der Waals surface area contributed by atoms with Crippen LogP contribution in [0.25, 0.3) is 0 Å². The topological polar surface area (TPSA) is 46.3 Å². The minimum absolute atomic E-state index is 0.0945. The van der Waals surface area contributed by atoms with Crippen molar-refractivity contribution in [1.29, 1.82) is 0 Å². The Hall–Kier alpha value is -1.01. The molecule has 0 aromatic rings. The number of nitrogens with zero attached hydrogens (tertiary/aromatic N) is 1. The number of rotatable bonds is 3. The Bertz CT molecular complexity index is 193. The summed E-state index contributed by atoms with van der Waals surface area (Å²) in [5, 5.41) is 0. The lowest BCUT2D eigenvalue weighted by Crippen LogP contribution is -2.44. The molecule has 1 amide bonds. The van der Waals surface area contributed by atoms with Gasteiger partial charge in [-0.25, -0.2) is 0 Å². The van der Waals surface area contributed by atoms with Crippen LogP contribution >= 0.6 is 0 Å². The van der Waals surface area contributed by atoms with Crippen LogP contribution in [0.5, 0.6) is 0 Å². The van der Waals surface area contributed by atoms with Crippen LogP contribution in [0, 0.1) is 18.3 Å². The maximum absolute atomic E-state index is 11.4. The van der Waals surface area contributed by atoms with Crippen LogP contribution in [-0.4, -0.2) is 30.4 Å².